The summed E-state index contributed by atoms with van der Waals surface area (Å²) in [6.07, 6.45) is 3.72. The number of piperidine rings is 1. The number of aryl methyl sites for hydroxylation is 2. The van der Waals surface area contributed by atoms with Crippen LogP contribution in [0.2, 0.25) is 0 Å². The molecule has 6 heteroatoms. The molecule has 0 aliphatic carbocycles. The summed E-state index contributed by atoms with van der Waals surface area (Å²) < 4.78 is 1.96. The van der Waals surface area contributed by atoms with Crippen molar-refractivity contribution in [3.8, 4) is 5.69 Å². The van der Waals surface area contributed by atoms with E-state index in [-0.39, 0.29) is 18.3 Å². The van der Waals surface area contributed by atoms with Gasteiger partial charge in [0.1, 0.15) is 0 Å². The Morgan fingerprint density at radius 2 is 1.79 bits per heavy atom. The number of para-hydroxylation sites is 1. The van der Waals surface area contributed by atoms with Gasteiger partial charge in [-0.05, 0) is 75.2 Å². The van der Waals surface area contributed by atoms with Gasteiger partial charge in [-0.3, -0.25) is 4.79 Å². The van der Waals surface area contributed by atoms with Crippen LogP contribution in [0.1, 0.15) is 45.9 Å². The fourth-order valence-electron chi connectivity index (χ4n) is 3.80. The predicted molar refractivity (Wildman–Crippen MR) is 120 cm³/mol. The van der Waals surface area contributed by atoms with E-state index in [2.05, 4.69) is 47.8 Å². The van der Waals surface area contributed by atoms with Gasteiger partial charge < -0.3 is 10.6 Å². The molecule has 1 aliphatic heterocycles. The number of hydrogen-bond acceptors (Lipinski definition) is 3. The number of nitrogens with one attached hydrogen (secondary N) is 2. The number of nitrogens with zero attached hydrogens (tertiary/aromatic N) is 2. The van der Waals surface area contributed by atoms with Crippen molar-refractivity contribution >= 4 is 24.0 Å². The minimum atomic E-state index is -0.102. The van der Waals surface area contributed by atoms with Gasteiger partial charge >= 0.3 is 0 Å². The molecule has 0 atom stereocenters. The van der Waals surface area contributed by atoms with Crippen molar-refractivity contribution in [1.29, 1.82) is 0 Å². The topological polar surface area (TPSA) is 59.0 Å². The lowest BCUT2D eigenvalue weighted by Crippen LogP contribution is -2.29. The summed E-state index contributed by atoms with van der Waals surface area (Å²) in [6, 6.07) is 15.9. The minimum Gasteiger partial charge on any atom is -0.322 e. The van der Waals surface area contributed by atoms with Gasteiger partial charge in [-0.15, -0.1) is 12.4 Å². The highest BCUT2D eigenvalue weighted by Gasteiger charge is 2.27. The van der Waals surface area contributed by atoms with Crippen molar-refractivity contribution < 1.29 is 4.79 Å². The first-order valence-corrected chi connectivity index (χ1v) is 9.86. The normalized spacial score (nSPS) is 14.3. The van der Waals surface area contributed by atoms with Crippen molar-refractivity contribution in [3.05, 3.63) is 77.1 Å². The second kappa shape index (κ2) is 9.25. The van der Waals surface area contributed by atoms with Crippen LogP contribution in [0.5, 0.6) is 0 Å². The number of carbonyl (C=O) groups excluding carboxylic acids is 1. The van der Waals surface area contributed by atoms with Gasteiger partial charge in [0.2, 0.25) is 0 Å². The van der Waals surface area contributed by atoms with Gasteiger partial charge in [0.15, 0.2) is 0 Å². The second-order valence-corrected chi connectivity index (χ2v) is 7.47. The number of aromatic nitrogens is 2. The van der Waals surface area contributed by atoms with Crippen molar-refractivity contribution in [3.63, 3.8) is 0 Å². The second-order valence-electron chi connectivity index (χ2n) is 7.47. The number of halogens is 1. The van der Waals surface area contributed by atoms with E-state index in [1.807, 2.05) is 35.0 Å². The molecule has 0 unspecified atom stereocenters. The average molecular weight is 411 g/mol. The van der Waals surface area contributed by atoms with Crippen LogP contribution in [0.3, 0.4) is 0 Å². The summed E-state index contributed by atoms with van der Waals surface area (Å²) in [7, 11) is 0. The van der Waals surface area contributed by atoms with E-state index in [9.17, 15) is 4.79 Å². The number of benzene rings is 2. The summed E-state index contributed by atoms with van der Waals surface area (Å²) in [5.74, 6) is 0.205. The Morgan fingerprint density at radius 1 is 1.07 bits per heavy atom. The predicted octanol–water partition coefficient (Wildman–Crippen LogP) is 4.63. The molecule has 2 N–H and O–H groups in total. The van der Waals surface area contributed by atoms with Crippen LogP contribution < -0.4 is 10.6 Å². The molecule has 4 rings (SSSR count). The van der Waals surface area contributed by atoms with Gasteiger partial charge in [0.05, 0.1) is 23.1 Å². The van der Waals surface area contributed by atoms with Gasteiger partial charge in [-0.1, -0.05) is 24.3 Å². The van der Waals surface area contributed by atoms with Crippen molar-refractivity contribution in [1.82, 2.24) is 15.1 Å². The summed E-state index contributed by atoms with van der Waals surface area (Å²) in [5, 5.41) is 11.1. The van der Waals surface area contributed by atoms with E-state index < -0.39 is 0 Å². The molecule has 5 nitrogen and oxygen atoms in total. The van der Waals surface area contributed by atoms with Crippen LogP contribution in [0.4, 0.5) is 5.69 Å². The first-order valence-electron chi connectivity index (χ1n) is 9.86. The lowest BCUT2D eigenvalue weighted by atomic mass is 9.91. The van der Waals surface area contributed by atoms with Crippen LogP contribution in [-0.2, 0) is 0 Å². The molecule has 152 valence electrons. The van der Waals surface area contributed by atoms with Gasteiger partial charge in [-0.2, -0.15) is 5.10 Å². The maximum atomic E-state index is 13.1. The zero-order chi connectivity index (χ0) is 19.5. The Bertz CT molecular complexity index is 978. The summed E-state index contributed by atoms with van der Waals surface area (Å²) in [6.45, 7) is 6.13. The summed E-state index contributed by atoms with van der Waals surface area (Å²) >= 11 is 0. The lowest BCUT2D eigenvalue weighted by molar-refractivity contribution is 0.102. The first-order chi connectivity index (χ1) is 13.6. The smallest absolute Gasteiger partial charge is 0.259 e. The Hall–Kier alpha value is -2.63. The molecule has 1 aliphatic rings. The van der Waals surface area contributed by atoms with Gasteiger partial charge in [-0.25, -0.2) is 4.68 Å². The quantitative estimate of drug-likeness (QED) is 0.659. The molecule has 2 aromatic carbocycles. The van der Waals surface area contributed by atoms with Crippen LogP contribution in [-0.4, -0.2) is 28.8 Å². The highest BCUT2D eigenvalue weighted by atomic mass is 35.5. The first kappa shape index (κ1) is 21.1. The molecule has 1 saturated heterocycles. The van der Waals surface area contributed by atoms with Gasteiger partial charge in [0.25, 0.3) is 5.91 Å². The number of rotatable bonds is 4. The monoisotopic (exact) mass is 410 g/mol. The Kier molecular flexibility index (Phi) is 6.72. The Balaban J connectivity index is 0.00000240. The van der Waals surface area contributed by atoms with E-state index in [1.165, 1.54) is 11.1 Å². The summed E-state index contributed by atoms with van der Waals surface area (Å²) in [5.41, 5.74) is 5.95. The van der Waals surface area contributed by atoms with E-state index in [0.29, 0.717) is 11.5 Å². The van der Waals surface area contributed by atoms with E-state index in [1.54, 1.807) is 6.20 Å². The zero-order valence-corrected chi connectivity index (χ0v) is 17.6. The maximum absolute atomic E-state index is 13.1. The number of anilines is 1. The molecule has 2 heterocycles. The molecule has 29 heavy (non-hydrogen) atoms. The zero-order valence-electron chi connectivity index (χ0n) is 16.8. The fourth-order valence-corrected chi connectivity index (χ4v) is 3.80. The highest BCUT2D eigenvalue weighted by molar-refractivity contribution is 6.05. The molecule has 1 aromatic heterocycles. The van der Waals surface area contributed by atoms with E-state index in [0.717, 1.165) is 43.0 Å². The molecular weight excluding hydrogens is 384 g/mol. The molecule has 1 fully saturated rings. The number of hydrogen-bond donors (Lipinski definition) is 2. The number of amides is 1. The Morgan fingerprint density at radius 3 is 2.48 bits per heavy atom. The number of carbonyl (C=O) groups is 1. The van der Waals surface area contributed by atoms with Crippen molar-refractivity contribution in [2.75, 3.05) is 18.4 Å². The molecule has 0 radical (unpaired) electrons. The molecular formula is C23H27ClN4O. The molecule has 3 aromatic rings. The largest absolute Gasteiger partial charge is 0.322 e. The molecule has 0 spiro atoms. The minimum absolute atomic E-state index is 0. The molecule has 0 bridgehead atoms. The SMILES string of the molecule is Cc1ccc(-n2ncc(C(=O)Nc3ccccc3)c2C2CCNCC2)cc1C.Cl. The third-order valence-corrected chi connectivity index (χ3v) is 5.54. The van der Waals surface area contributed by atoms with E-state index in [4.69, 9.17) is 0 Å². The standard InChI is InChI=1S/C23H26N4O.ClH/c1-16-8-9-20(14-17(16)2)27-22(18-10-12-24-13-11-18)21(15-25-27)23(28)26-19-6-4-3-5-7-19;/h3-9,14-15,18,24H,10-13H2,1-2H3,(H,26,28);1H. The third kappa shape index (κ3) is 4.52. The maximum Gasteiger partial charge on any atom is 0.259 e. The van der Waals surface area contributed by atoms with Gasteiger partial charge in [0, 0.05) is 11.6 Å². The third-order valence-electron chi connectivity index (χ3n) is 5.54. The van der Waals surface area contributed by atoms with Crippen LogP contribution >= 0.6 is 12.4 Å². The average Bonchev–Trinajstić information content (AvgIpc) is 3.17. The van der Waals surface area contributed by atoms with Crippen molar-refractivity contribution in [2.24, 2.45) is 0 Å². The lowest BCUT2D eigenvalue weighted by Gasteiger charge is -2.25. The highest BCUT2D eigenvalue weighted by Crippen LogP contribution is 2.31. The molecule has 1 amide bonds. The Labute approximate surface area is 177 Å². The van der Waals surface area contributed by atoms with E-state index >= 15 is 0 Å². The molecule has 0 saturated carbocycles. The van der Waals surface area contributed by atoms with Crippen LogP contribution in [0.25, 0.3) is 5.69 Å². The summed E-state index contributed by atoms with van der Waals surface area (Å²) in [4.78, 5) is 13.1. The van der Waals surface area contributed by atoms with Crippen LogP contribution in [0, 0.1) is 13.8 Å². The van der Waals surface area contributed by atoms with Crippen LogP contribution in [0.15, 0.2) is 54.7 Å². The fraction of sp³-hybridized carbons (Fsp3) is 0.304. The van der Waals surface area contributed by atoms with Crippen molar-refractivity contribution in [2.45, 2.75) is 32.6 Å².